The molecule has 2 atom stereocenters. The number of ketones is 1. The van der Waals surface area contributed by atoms with E-state index in [1.807, 2.05) is 0 Å². The molecule has 0 aromatic carbocycles. The number of fused-ring (bicyclic) bond motifs is 3. The number of rotatable bonds is 2. The molecule has 1 aliphatic heterocycles. The lowest BCUT2D eigenvalue weighted by Crippen LogP contribution is -2.41. The second-order valence-electron chi connectivity index (χ2n) is 11.0. The maximum absolute atomic E-state index is 13.5. The molecule has 3 heteroatoms. The summed E-state index contributed by atoms with van der Waals surface area (Å²) in [5.74, 6) is 0.859. The van der Waals surface area contributed by atoms with Gasteiger partial charge >= 0.3 is 0 Å². The number of ether oxygens (including phenoxy) is 2. The highest BCUT2D eigenvalue weighted by atomic mass is 16.7. The fraction of sp³-hybridized carbons (Fsp3) is 0.720. The standard InChI is InChI=1S/C25H36O3/c1-16(2)18-9-10-24(5)11-12-25(6)19(21(18)24)8-7-17(13-20(25)26)22-27-14-23(3,4)15-28-22/h7-8,16,22H,9-15H2,1-6H3/t24?,25-/m1/s1. The van der Waals surface area contributed by atoms with Gasteiger partial charge in [0.15, 0.2) is 6.29 Å². The van der Waals surface area contributed by atoms with Crippen molar-refractivity contribution < 1.29 is 14.3 Å². The molecule has 4 aliphatic rings. The van der Waals surface area contributed by atoms with E-state index in [-0.39, 0.29) is 22.5 Å². The Hall–Kier alpha value is -1.19. The first kappa shape index (κ1) is 20.1. The first-order valence-corrected chi connectivity index (χ1v) is 11.0. The Kier molecular flexibility index (Phi) is 4.79. The topological polar surface area (TPSA) is 35.5 Å². The molecule has 1 saturated carbocycles. The SMILES string of the molecule is CC(C)C1=C2C3=CC=C(C4OCC(C)(C)CO4)CC(=O)[C@]3(C)CCC2(C)CC1. The van der Waals surface area contributed by atoms with Gasteiger partial charge in [-0.15, -0.1) is 0 Å². The van der Waals surface area contributed by atoms with Gasteiger partial charge in [-0.1, -0.05) is 52.3 Å². The van der Waals surface area contributed by atoms with E-state index in [4.69, 9.17) is 9.47 Å². The van der Waals surface area contributed by atoms with Crippen LogP contribution in [0.1, 0.15) is 73.6 Å². The lowest BCUT2D eigenvalue weighted by Gasteiger charge is -2.45. The summed E-state index contributed by atoms with van der Waals surface area (Å²) in [6, 6.07) is 0. The molecule has 154 valence electrons. The fourth-order valence-corrected chi connectivity index (χ4v) is 5.57. The normalized spacial score (nSPS) is 36.0. The monoisotopic (exact) mass is 384 g/mol. The van der Waals surface area contributed by atoms with Crippen molar-refractivity contribution >= 4 is 5.78 Å². The summed E-state index contributed by atoms with van der Waals surface area (Å²) in [4.78, 5) is 13.5. The smallest absolute Gasteiger partial charge is 0.180 e. The van der Waals surface area contributed by atoms with Crippen LogP contribution in [0.3, 0.4) is 0 Å². The Bertz CT molecular complexity index is 772. The maximum atomic E-state index is 13.5. The van der Waals surface area contributed by atoms with Gasteiger partial charge < -0.3 is 9.47 Å². The highest BCUT2D eigenvalue weighted by molar-refractivity contribution is 5.92. The molecule has 1 heterocycles. The van der Waals surface area contributed by atoms with Crippen molar-refractivity contribution in [2.75, 3.05) is 13.2 Å². The van der Waals surface area contributed by atoms with E-state index in [2.05, 4.69) is 53.7 Å². The lowest BCUT2D eigenvalue weighted by molar-refractivity contribution is -0.204. The van der Waals surface area contributed by atoms with Crippen LogP contribution in [0.15, 0.2) is 34.4 Å². The second kappa shape index (κ2) is 6.67. The highest BCUT2D eigenvalue weighted by Gasteiger charge is 2.52. The van der Waals surface area contributed by atoms with E-state index >= 15 is 0 Å². The molecule has 28 heavy (non-hydrogen) atoms. The summed E-state index contributed by atoms with van der Waals surface area (Å²) >= 11 is 0. The minimum atomic E-state index is -0.383. The molecule has 0 radical (unpaired) electrons. The molecule has 0 aromatic rings. The van der Waals surface area contributed by atoms with Crippen LogP contribution in [0.4, 0.5) is 0 Å². The summed E-state index contributed by atoms with van der Waals surface area (Å²) in [6.45, 7) is 14.8. The third-order valence-electron chi connectivity index (χ3n) is 7.61. The molecule has 0 N–H and O–H groups in total. The third-order valence-corrected chi connectivity index (χ3v) is 7.61. The maximum Gasteiger partial charge on any atom is 0.180 e. The van der Waals surface area contributed by atoms with Crippen molar-refractivity contribution in [2.45, 2.75) is 79.9 Å². The average molecular weight is 385 g/mol. The van der Waals surface area contributed by atoms with E-state index in [0.29, 0.717) is 31.3 Å². The largest absolute Gasteiger partial charge is 0.348 e. The molecule has 0 bridgehead atoms. The molecule has 2 fully saturated rings. The molecule has 3 aliphatic carbocycles. The molecular formula is C25H36O3. The molecule has 3 nitrogen and oxygen atoms in total. The summed E-state index contributed by atoms with van der Waals surface area (Å²) in [7, 11) is 0. The van der Waals surface area contributed by atoms with Gasteiger partial charge in [0.1, 0.15) is 5.78 Å². The summed E-state index contributed by atoms with van der Waals surface area (Å²) in [6.07, 6.45) is 8.88. The summed E-state index contributed by atoms with van der Waals surface area (Å²) in [5.41, 5.74) is 5.20. The zero-order chi connectivity index (χ0) is 20.3. The van der Waals surface area contributed by atoms with Crippen molar-refractivity contribution in [3.63, 3.8) is 0 Å². The van der Waals surface area contributed by atoms with Gasteiger partial charge in [0.25, 0.3) is 0 Å². The van der Waals surface area contributed by atoms with Crippen molar-refractivity contribution in [1.82, 2.24) is 0 Å². The van der Waals surface area contributed by atoms with E-state index in [9.17, 15) is 4.79 Å². The first-order chi connectivity index (χ1) is 13.1. The molecule has 1 saturated heterocycles. The summed E-state index contributed by atoms with van der Waals surface area (Å²) < 4.78 is 12.0. The van der Waals surface area contributed by atoms with Crippen molar-refractivity contribution in [3.8, 4) is 0 Å². The van der Waals surface area contributed by atoms with Gasteiger partial charge in [0.05, 0.1) is 18.6 Å². The van der Waals surface area contributed by atoms with Crippen LogP contribution in [0.5, 0.6) is 0 Å². The minimum Gasteiger partial charge on any atom is -0.348 e. The Balaban J connectivity index is 1.73. The van der Waals surface area contributed by atoms with Crippen LogP contribution in [0.2, 0.25) is 0 Å². The predicted octanol–water partition coefficient (Wildman–Crippen LogP) is 5.76. The zero-order valence-corrected chi connectivity index (χ0v) is 18.5. The van der Waals surface area contributed by atoms with E-state index in [1.54, 1.807) is 5.57 Å². The minimum absolute atomic E-state index is 0.0346. The molecule has 0 aromatic heterocycles. The van der Waals surface area contributed by atoms with Gasteiger partial charge in [0.2, 0.25) is 0 Å². The molecule has 4 rings (SSSR count). The molecule has 0 amide bonds. The zero-order valence-electron chi connectivity index (χ0n) is 18.5. The van der Waals surface area contributed by atoms with E-state index in [1.165, 1.54) is 24.0 Å². The van der Waals surface area contributed by atoms with E-state index in [0.717, 1.165) is 18.4 Å². The van der Waals surface area contributed by atoms with Crippen LogP contribution < -0.4 is 0 Å². The fourth-order valence-electron chi connectivity index (χ4n) is 5.57. The van der Waals surface area contributed by atoms with Gasteiger partial charge in [-0.05, 0) is 60.7 Å². The van der Waals surface area contributed by atoms with Gasteiger partial charge in [0, 0.05) is 11.8 Å². The number of hydrogen-bond acceptors (Lipinski definition) is 3. The Morgan fingerprint density at radius 1 is 1.00 bits per heavy atom. The quantitative estimate of drug-likeness (QED) is 0.607. The number of hydrogen-bond donors (Lipinski definition) is 0. The number of carbonyl (C=O) groups is 1. The number of Topliss-reactive ketones (excluding diaryl/α,β-unsaturated/α-hetero) is 1. The average Bonchev–Trinajstić information content (AvgIpc) is 2.91. The van der Waals surface area contributed by atoms with Gasteiger partial charge in [-0.25, -0.2) is 0 Å². The van der Waals surface area contributed by atoms with Crippen molar-refractivity contribution in [3.05, 3.63) is 34.4 Å². The van der Waals surface area contributed by atoms with Gasteiger partial charge in [-0.3, -0.25) is 4.79 Å². The Morgan fingerprint density at radius 2 is 1.68 bits per heavy atom. The first-order valence-electron chi connectivity index (χ1n) is 11.0. The van der Waals surface area contributed by atoms with Crippen LogP contribution in [-0.2, 0) is 14.3 Å². The van der Waals surface area contributed by atoms with Crippen molar-refractivity contribution in [1.29, 1.82) is 0 Å². The molecular weight excluding hydrogens is 348 g/mol. The van der Waals surface area contributed by atoms with Gasteiger partial charge in [-0.2, -0.15) is 0 Å². The third kappa shape index (κ3) is 3.15. The summed E-state index contributed by atoms with van der Waals surface area (Å²) in [5, 5.41) is 0. The Morgan fingerprint density at radius 3 is 2.32 bits per heavy atom. The Labute approximate surface area is 170 Å². The lowest BCUT2D eigenvalue weighted by atomic mass is 9.58. The van der Waals surface area contributed by atoms with Crippen molar-refractivity contribution in [2.24, 2.45) is 22.2 Å². The van der Waals surface area contributed by atoms with Crippen LogP contribution in [0.25, 0.3) is 0 Å². The highest BCUT2D eigenvalue weighted by Crippen LogP contribution is 2.61. The second-order valence-corrected chi connectivity index (χ2v) is 11.0. The van der Waals surface area contributed by atoms with Crippen LogP contribution in [-0.4, -0.2) is 25.3 Å². The van der Waals surface area contributed by atoms with Crippen LogP contribution in [0, 0.1) is 22.2 Å². The predicted molar refractivity (Wildman–Crippen MR) is 112 cm³/mol. The number of carbonyl (C=O) groups excluding carboxylic acids is 1. The van der Waals surface area contributed by atoms with Crippen LogP contribution >= 0.6 is 0 Å². The number of allylic oxidation sites excluding steroid dienone is 5. The van der Waals surface area contributed by atoms with E-state index < -0.39 is 0 Å². The molecule has 0 spiro atoms. The molecule has 1 unspecified atom stereocenters.